The first-order valence-electron chi connectivity index (χ1n) is 7.93. The molecular formula is C17H20N2O5S. The Labute approximate surface area is 148 Å². The minimum Gasteiger partial charge on any atom is -0.614 e. The summed E-state index contributed by atoms with van der Waals surface area (Å²) in [6.07, 6.45) is 0.133. The van der Waals surface area contributed by atoms with Crippen molar-refractivity contribution in [1.29, 1.82) is 0 Å². The van der Waals surface area contributed by atoms with Gasteiger partial charge in [-0.25, -0.2) is 4.79 Å². The van der Waals surface area contributed by atoms with Crippen LogP contribution in [-0.4, -0.2) is 56.6 Å². The van der Waals surface area contributed by atoms with Gasteiger partial charge in [0.2, 0.25) is 11.3 Å². The molecule has 0 saturated carbocycles. The standard InChI is InChI=1S/C17H20N2O5S/c1-17(2)13(16(22)24-3)19-14(21)12(15(19)25(17)23)18-11(20)9-10-7-5-4-6-8-10/h4-8,12-13,15H,9H2,1-3H3,(H,18,20)/t12?,13?,15-,25?/m0/s1. The highest BCUT2D eigenvalue weighted by atomic mass is 32.2. The van der Waals surface area contributed by atoms with E-state index in [0.29, 0.717) is 0 Å². The summed E-state index contributed by atoms with van der Waals surface area (Å²) in [5, 5.41) is 1.95. The highest BCUT2D eigenvalue weighted by Crippen LogP contribution is 2.46. The van der Waals surface area contributed by atoms with Crippen LogP contribution >= 0.6 is 0 Å². The summed E-state index contributed by atoms with van der Waals surface area (Å²) in [6, 6.07) is 7.37. The van der Waals surface area contributed by atoms with Crippen molar-refractivity contribution in [3.05, 3.63) is 35.9 Å². The molecule has 3 rings (SSSR count). The Morgan fingerprint density at radius 3 is 2.56 bits per heavy atom. The van der Waals surface area contributed by atoms with Crippen molar-refractivity contribution in [2.75, 3.05) is 7.11 Å². The molecule has 134 valence electrons. The van der Waals surface area contributed by atoms with E-state index in [1.165, 1.54) is 12.0 Å². The summed E-state index contributed by atoms with van der Waals surface area (Å²) in [4.78, 5) is 38.0. The van der Waals surface area contributed by atoms with Crippen molar-refractivity contribution >= 4 is 29.0 Å². The van der Waals surface area contributed by atoms with Crippen LogP contribution in [-0.2, 0) is 36.7 Å². The second-order valence-electron chi connectivity index (χ2n) is 6.67. The molecule has 2 heterocycles. The Hall–Kier alpha value is -2.06. The maximum Gasteiger partial charge on any atom is 0.334 e. The molecule has 1 aromatic rings. The normalized spacial score (nSPS) is 29.6. The largest absolute Gasteiger partial charge is 0.614 e. The highest BCUT2D eigenvalue weighted by molar-refractivity contribution is 7.94. The third kappa shape index (κ3) is 2.79. The van der Waals surface area contributed by atoms with E-state index < -0.39 is 45.3 Å². The summed E-state index contributed by atoms with van der Waals surface area (Å²) in [6.45, 7) is 3.33. The minimum atomic E-state index is -1.50. The molecule has 25 heavy (non-hydrogen) atoms. The Bertz CT molecular complexity index is 708. The zero-order chi connectivity index (χ0) is 18.4. The van der Waals surface area contributed by atoms with E-state index in [2.05, 4.69) is 5.32 Å². The van der Waals surface area contributed by atoms with Gasteiger partial charge in [-0.1, -0.05) is 30.3 Å². The van der Waals surface area contributed by atoms with E-state index in [9.17, 15) is 18.9 Å². The molecular weight excluding hydrogens is 344 g/mol. The fourth-order valence-electron chi connectivity index (χ4n) is 3.39. The number of hydrogen-bond acceptors (Lipinski definition) is 5. The van der Waals surface area contributed by atoms with Gasteiger partial charge in [-0.05, 0) is 30.6 Å². The molecule has 0 radical (unpaired) electrons. The lowest BCUT2D eigenvalue weighted by atomic mass is 9.96. The number of carbonyl (C=O) groups excluding carboxylic acids is 3. The number of nitrogens with zero attached hydrogens (tertiary/aromatic N) is 1. The lowest BCUT2D eigenvalue weighted by Gasteiger charge is -2.41. The fourth-order valence-corrected chi connectivity index (χ4v) is 5.31. The Morgan fingerprint density at radius 2 is 1.96 bits per heavy atom. The van der Waals surface area contributed by atoms with Crippen LogP contribution in [0.4, 0.5) is 0 Å². The van der Waals surface area contributed by atoms with Gasteiger partial charge in [0.15, 0.2) is 16.8 Å². The fraction of sp³-hybridized carbons (Fsp3) is 0.471. The number of methoxy groups -OCH3 is 1. The average Bonchev–Trinajstić information content (AvgIpc) is 2.77. The molecule has 7 nitrogen and oxygen atoms in total. The number of carbonyl (C=O) groups is 3. The molecule has 3 unspecified atom stereocenters. The Kier molecular flexibility index (Phi) is 4.51. The van der Waals surface area contributed by atoms with Crippen molar-refractivity contribution in [3.8, 4) is 0 Å². The average molecular weight is 364 g/mol. The summed E-state index contributed by atoms with van der Waals surface area (Å²) in [5.74, 6) is -1.32. The predicted octanol–water partition coefficient (Wildman–Crippen LogP) is -0.0353. The third-order valence-corrected chi connectivity index (χ3v) is 6.90. The zero-order valence-electron chi connectivity index (χ0n) is 14.2. The van der Waals surface area contributed by atoms with Gasteiger partial charge in [0.25, 0.3) is 5.91 Å². The number of fused-ring (bicyclic) bond motifs is 1. The van der Waals surface area contributed by atoms with Gasteiger partial charge >= 0.3 is 5.97 Å². The molecule has 2 fully saturated rings. The summed E-state index contributed by atoms with van der Waals surface area (Å²) >= 11 is -1.50. The molecule has 8 heteroatoms. The first kappa shape index (κ1) is 17.8. The lowest BCUT2D eigenvalue weighted by Crippen LogP contribution is -2.72. The number of nitrogens with one attached hydrogen (secondary N) is 1. The smallest absolute Gasteiger partial charge is 0.334 e. The van der Waals surface area contributed by atoms with Gasteiger partial charge in [-0.3, -0.25) is 14.5 Å². The van der Waals surface area contributed by atoms with E-state index in [-0.39, 0.29) is 12.3 Å². The molecule has 2 aliphatic rings. The van der Waals surface area contributed by atoms with Crippen LogP contribution in [0, 0.1) is 0 Å². The van der Waals surface area contributed by atoms with Crippen LogP contribution in [0.15, 0.2) is 30.3 Å². The van der Waals surface area contributed by atoms with Crippen molar-refractivity contribution in [3.63, 3.8) is 0 Å². The van der Waals surface area contributed by atoms with E-state index >= 15 is 0 Å². The Balaban J connectivity index is 1.73. The molecule has 4 atom stereocenters. The molecule has 0 aromatic heterocycles. The van der Waals surface area contributed by atoms with E-state index in [1.54, 1.807) is 13.8 Å². The molecule has 2 amide bonds. The highest BCUT2D eigenvalue weighted by Gasteiger charge is 2.73. The van der Waals surface area contributed by atoms with Gasteiger partial charge in [0.1, 0.15) is 0 Å². The van der Waals surface area contributed by atoms with Crippen LogP contribution in [0.1, 0.15) is 19.4 Å². The van der Waals surface area contributed by atoms with Gasteiger partial charge in [0, 0.05) is 0 Å². The van der Waals surface area contributed by atoms with Gasteiger partial charge in [0.05, 0.1) is 13.5 Å². The maximum absolute atomic E-state index is 12.8. The molecule has 0 bridgehead atoms. The van der Waals surface area contributed by atoms with Crippen LogP contribution in [0.5, 0.6) is 0 Å². The monoisotopic (exact) mass is 364 g/mol. The number of rotatable bonds is 4. The van der Waals surface area contributed by atoms with Crippen molar-refractivity contribution in [2.45, 2.75) is 42.5 Å². The molecule has 1 aromatic carbocycles. The third-order valence-electron chi connectivity index (χ3n) is 4.70. The molecule has 2 saturated heterocycles. The van der Waals surface area contributed by atoms with Gasteiger partial charge < -0.3 is 14.6 Å². The minimum absolute atomic E-state index is 0.133. The van der Waals surface area contributed by atoms with Crippen LogP contribution in [0.2, 0.25) is 0 Å². The predicted molar refractivity (Wildman–Crippen MR) is 90.7 cm³/mol. The van der Waals surface area contributed by atoms with Gasteiger partial charge in [-0.2, -0.15) is 0 Å². The van der Waals surface area contributed by atoms with Crippen molar-refractivity contribution in [1.82, 2.24) is 10.2 Å². The number of ether oxygens (including phenoxy) is 1. The maximum atomic E-state index is 12.8. The summed E-state index contributed by atoms with van der Waals surface area (Å²) < 4.78 is 16.6. The second-order valence-corrected chi connectivity index (χ2v) is 8.80. The first-order valence-corrected chi connectivity index (χ1v) is 9.14. The molecule has 2 aliphatic heterocycles. The molecule has 0 spiro atoms. The van der Waals surface area contributed by atoms with E-state index in [1.807, 2.05) is 30.3 Å². The number of β-lactam (4-membered cyclic amide) rings is 1. The van der Waals surface area contributed by atoms with Crippen LogP contribution < -0.4 is 5.32 Å². The second kappa shape index (κ2) is 6.34. The number of hydrogen-bond donors (Lipinski definition) is 1. The molecule has 1 N–H and O–H groups in total. The quantitative estimate of drug-likeness (QED) is 0.459. The number of esters is 1. The summed E-state index contributed by atoms with van der Waals surface area (Å²) in [5.41, 5.74) is 0.823. The van der Waals surface area contributed by atoms with E-state index in [4.69, 9.17) is 4.74 Å². The van der Waals surface area contributed by atoms with Crippen LogP contribution in [0.25, 0.3) is 0 Å². The lowest BCUT2D eigenvalue weighted by molar-refractivity contribution is -0.162. The Morgan fingerprint density at radius 1 is 1.32 bits per heavy atom. The van der Waals surface area contributed by atoms with Crippen molar-refractivity contribution in [2.24, 2.45) is 0 Å². The van der Waals surface area contributed by atoms with E-state index in [0.717, 1.165) is 5.56 Å². The molecule has 0 aliphatic carbocycles. The SMILES string of the molecule is COC(=O)C1N2C(=O)C(NC(=O)Cc3ccccc3)[C@@H]2[S+]([O-])C1(C)C. The number of benzene rings is 1. The number of amides is 2. The summed E-state index contributed by atoms with van der Waals surface area (Å²) in [7, 11) is 1.23. The topological polar surface area (TPSA) is 98.8 Å². The zero-order valence-corrected chi connectivity index (χ0v) is 15.0. The van der Waals surface area contributed by atoms with Crippen LogP contribution in [0.3, 0.4) is 0 Å². The first-order chi connectivity index (χ1) is 11.8. The van der Waals surface area contributed by atoms with Gasteiger partial charge in [-0.15, -0.1) is 0 Å². The van der Waals surface area contributed by atoms with Crippen molar-refractivity contribution < 1.29 is 23.7 Å².